The van der Waals surface area contributed by atoms with Gasteiger partial charge in [-0.3, -0.25) is 4.79 Å². The summed E-state index contributed by atoms with van der Waals surface area (Å²) >= 11 is 0. The second kappa shape index (κ2) is 9.32. The Balaban J connectivity index is 1.79. The SMILES string of the molecule is CCN(CC)S(=O)(=O)N1CCN(C(=O)CCCc2nc(C(C)(C)C)no2)CC1. The molecule has 1 aliphatic heterocycles. The van der Waals surface area contributed by atoms with E-state index in [1.807, 2.05) is 34.6 Å². The molecular formula is C18H33N5O4S. The van der Waals surface area contributed by atoms with Gasteiger partial charge in [0.25, 0.3) is 10.2 Å². The molecule has 0 bridgehead atoms. The van der Waals surface area contributed by atoms with Crippen molar-refractivity contribution in [1.82, 2.24) is 23.7 Å². The average Bonchev–Trinajstić information content (AvgIpc) is 3.12. The molecule has 0 atom stereocenters. The Bertz CT molecular complexity index is 744. The highest BCUT2D eigenvalue weighted by atomic mass is 32.2. The molecule has 1 aromatic heterocycles. The number of carbonyl (C=O) groups is 1. The Kier molecular flexibility index (Phi) is 7.58. The number of carbonyl (C=O) groups excluding carboxylic acids is 1. The van der Waals surface area contributed by atoms with Crippen LogP contribution in [0.25, 0.3) is 0 Å². The molecule has 2 heterocycles. The van der Waals surface area contributed by atoms with Gasteiger partial charge < -0.3 is 9.42 Å². The summed E-state index contributed by atoms with van der Waals surface area (Å²) in [6, 6.07) is 0. The minimum Gasteiger partial charge on any atom is -0.340 e. The highest BCUT2D eigenvalue weighted by molar-refractivity contribution is 7.86. The Hall–Kier alpha value is -1.52. The van der Waals surface area contributed by atoms with Crippen molar-refractivity contribution in [2.45, 2.75) is 59.3 Å². The van der Waals surface area contributed by atoms with E-state index in [2.05, 4.69) is 10.1 Å². The fraction of sp³-hybridized carbons (Fsp3) is 0.833. The van der Waals surface area contributed by atoms with E-state index in [-0.39, 0.29) is 11.3 Å². The molecule has 0 saturated carbocycles. The quantitative estimate of drug-likeness (QED) is 0.637. The van der Waals surface area contributed by atoms with Crippen molar-refractivity contribution in [1.29, 1.82) is 0 Å². The molecule has 1 saturated heterocycles. The van der Waals surface area contributed by atoms with Gasteiger partial charge in [0.1, 0.15) is 0 Å². The average molecular weight is 416 g/mol. The van der Waals surface area contributed by atoms with Gasteiger partial charge in [0.05, 0.1) is 0 Å². The molecular weight excluding hydrogens is 382 g/mol. The number of aromatic nitrogens is 2. The number of hydrogen-bond acceptors (Lipinski definition) is 6. The van der Waals surface area contributed by atoms with Crippen LogP contribution < -0.4 is 0 Å². The molecule has 0 unspecified atom stereocenters. The van der Waals surface area contributed by atoms with Gasteiger partial charge in [0, 0.05) is 57.5 Å². The number of nitrogens with zero attached hydrogens (tertiary/aromatic N) is 5. The third-order valence-corrected chi connectivity index (χ3v) is 7.06. The first-order valence-corrected chi connectivity index (χ1v) is 11.3. The van der Waals surface area contributed by atoms with Crippen LogP contribution in [0.5, 0.6) is 0 Å². The maximum atomic E-state index is 12.6. The molecule has 10 heteroatoms. The molecule has 9 nitrogen and oxygen atoms in total. The molecule has 160 valence electrons. The summed E-state index contributed by atoms with van der Waals surface area (Å²) in [6.07, 6.45) is 1.57. The van der Waals surface area contributed by atoms with E-state index in [0.717, 1.165) is 0 Å². The van der Waals surface area contributed by atoms with E-state index in [1.54, 1.807) is 4.90 Å². The molecule has 1 amide bonds. The Morgan fingerprint density at radius 3 is 2.25 bits per heavy atom. The van der Waals surface area contributed by atoms with Gasteiger partial charge in [0.2, 0.25) is 11.8 Å². The van der Waals surface area contributed by atoms with Gasteiger partial charge in [-0.2, -0.15) is 22.0 Å². The van der Waals surface area contributed by atoms with Gasteiger partial charge >= 0.3 is 0 Å². The molecule has 0 aliphatic carbocycles. The van der Waals surface area contributed by atoms with Crippen LogP contribution in [-0.2, 0) is 26.8 Å². The van der Waals surface area contributed by atoms with Crippen LogP contribution in [0.15, 0.2) is 4.52 Å². The number of hydrogen-bond donors (Lipinski definition) is 0. The monoisotopic (exact) mass is 415 g/mol. The van der Waals surface area contributed by atoms with Crippen molar-refractivity contribution in [2.24, 2.45) is 0 Å². The van der Waals surface area contributed by atoms with Crippen LogP contribution in [0.2, 0.25) is 0 Å². The van der Waals surface area contributed by atoms with E-state index in [0.29, 0.717) is 70.2 Å². The number of amides is 1. The maximum absolute atomic E-state index is 12.6. The molecule has 1 aliphatic rings. The van der Waals surface area contributed by atoms with Crippen molar-refractivity contribution in [3.8, 4) is 0 Å². The third-order valence-electron chi connectivity index (χ3n) is 4.87. The molecule has 1 fully saturated rings. The third kappa shape index (κ3) is 5.51. The van der Waals surface area contributed by atoms with Crippen molar-refractivity contribution in [2.75, 3.05) is 39.3 Å². The van der Waals surface area contributed by atoms with Gasteiger partial charge in [0.15, 0.2) is 5.82 Å². The molecule has 0 radical (unpaired) electrons. The van der Waals surface area contributed by atoms with Crippen molar-refractivity contribution in [3.05, 3.63) is 11.7 Å². The van der Waals surface area contributed by atoms with E-state index in [9.17, 15) is 13.2 Å². The molecule has 2 rings (SSSR count). The van der Waals surface area contributed by atoms with Crippen LogP contribution in [0.1, 0.15) is 59.2 Å². The zero-order chi connectivity index (χ0) is 20.9. The second-order valence-corrected chi connectivity index (χ2v) is 9.92. The lowest BCUT2D eigenvalue weighted by atomic mass is 9.96. The minimum atomic E-state index is -3.44. The van der Waals surface area contributed by atoms with E-state index in [4.69, 9.17) is 4.52 Å². The molecule has 28 heavy (non-hydrogen) atoms. The number of rotatable bonds is 8. The lowest BCUT2D eigenvalue weighted by Crippen LogP contribution is -2.54. The van der Waals surface area contributed by atoms with Crippen LogP contribution in [0.4, 0.5) is 0 Å². The van der Waals surface area contributed by atoms with Crippen LogP contribution in [-0.4, -0.2) is 77.2 Å². The van der Waals surface area contributed by atoms with Gasteiger partial charge in [-0.05, 0) is 6.42 Å². The van der Waals surface area contributed by atoms with Crippen LogP contribution in [0.3, 0.4) is 0 Å². The Morgan fingerprint density at radius 2 is 1.75 bits per heavy atom. The number of aryl methyl sites for hydroxylation is 1. The summed E-state index contributed by atoms with van der Waals surface area (Å²) < 4.78 is 33.3. The van der Waals surface area contributed by atoms with Gasteiger partial charge in [-0.25, -0.2) is 0 Å². The highest BCUT2D eigenvalue weighted by Crippen LogP contribution is 2.19. The molecule has 0 aromatic carbocycles. The van der Waals surface area contributed by atoms with Crippen molar-refractivity contribution in [3.63, 3.8) is 0 Å². The van der Waals surface area contributed by atoms with Crippen LogP contribution >= 0.6 is 0 Å². The lowest BCUT2D eigenvalue weighted by molar-refractivity contribution is -0.132. The van der Waals surface area contributed by atoms with E-state index >= 15 is 0 Å². The highest BCUT2D eigenvalue weighted by Gasteiger charge is 2.32. The van der Waals surface area contributed by atoms with Gasteiger partial charge in [-0.1, -0.05) is 39.8 Å². The first-order chi connectivity index (χ1) is 13.1. The smallest absolute Gasteiger partial charge is 0.282 e. The van der Waals surface area contributed by atoms with E-state index in [1.165, 1.54) is 8.61 Å². The molecule has 0 spiro atoms. The van der Waals surface area contributed by atoms with E-state index < -0.39 is 10.2 Å². The molecule has 0 N–H and O–H groups in total. The Labute approximate surface area is 168 Å². The summed E-state index contributed by atoms with van der Waals surface area (Å²) in [7, 11) is -3.44. The summed E-state index contributed by atoms with van der Waals surface area (Å²) in [5, 5.41) is 3.99. The van der Waals surface area contributed by atoms with Crippen LogP contribution in [0, 0.1) is 0 Å². The predicted octanol–water partition coefficient (Wildman–Crippen LogP) is 1.42. The minimum absolute atomic E-state index is 0.0375. The lowest BCUT2D eigenvalue weighted by Gasteiger charge is -2.36. The standard InChI is InChI=1S/C18H33N5O4S/c1-6-22(7-2)28(25,26)23-13-11-21(12-14-23)16(24)10-8-9-15-19-17(20-27-15)18(3,4)5/h6-14H2,1-5H3. The zero-order valence-electron chi connectivity index (χ0n) is 17.6. The fourth-order valence-electron chi connectivity index (χ4n) is 3.09. The first kappa shape index (κ1) is 22.8. The molecule has 1 aromatic rings. The maximum Gasteiger partial charge on any atom is 0.282 e. The first-order valence-electron chi connectivity index (χ1n) is 9.95. The largest absolute Gasteiger partial charge is 0.340 e. The second-order valence-electron chi connectivity index (χ2n) is 7.99. The van der Waals surface area contributed by atoms with Gasteiger partial charge in [-0.15, -0.1) is 0 Å². The summed E-state index contributed by atoms with van der Waals surface area (Å²) in [5.41, 5.74) is -0.164. The summed E-state index contributed by atoms with van der Waals surface area (Å²) in [5.74, 6) is 1.25. The summed E-state index contributed by atoms with van der Waals surface area (Å²) in [4.78, 5) is 18.6. The zero-order valence-corrected chi connectivity index (χ0v) is 18.5. The fourth-order valence-corrected chi connectivity index (χ4v) is 4.70. The topological polar surface area (TPSA) is 99.9 Å². The Morgan fingerprint density at radius 1 is 1.14 bits per heavy atom. The normalized spacial score (nSPS) is 16.7. The predicted molar refractivity (Wildman–Crippen MR) is 106 cm³/mol. The summed E-state index contributed by atoms with van der Waals surface area (Å²) in [6.45, 7) is 12.1. The van der Waals surface area contributed by atoms with Crippen molar-refractivity contribution < 1.29 is 17.7 Å². The van der Waals surface area contributed by atoms with Crippen molar-refractivity contribution >= 4 is 16.1 Å². The number of piperazine rings is 1.